The van der Waals surface area contributed by atoms with Crippen LogP contribution in [-0.4, -0.2) is 52.2 Å². The predicted octanol–water partition coefficient (Wildman–Crippen LogP) is 4.99. The summed E-state index contributed by atoms with van der Waals surface area (Å²) in [6.07, 6.45) is -4.61. The van der Waals surface area contributed by atoms with Crippen LogP contribution in [0.2, 0.25) is 0 Å². The summed E-state index contributed by atoms with van der Waals surface area (Å²) in [5.41, 5.74) is 0.826. The maximum atomic E-state index is 13.4. The molecule has 0 spiro atoms. The highest BCUT2D eigenvalue weighted by Crippen LogP contribution is 2.33. The van der Waals surface area contributed by atoms with Gasteiger partial charge in [0.05, 0.1) is 10.9 Å². The number of aromatic nitrogens is 2. The van der Waals surface area contributed by atoms with Crippen molar-refractivity contribution in [3.05, 3.63) is 72.4 Å². The van der Waals surface area contributed by atoms with Crippen molar-refractivity contribution in [2.75, 3.05) is 31.1 Å². The van der Waals surface area contributed by atoms with Crippen molar-refractivity contribution in [1.82, 2.24) is 14.9 Å². The minimum absolute atomic E-state index is 0.0625. The van der Waals surface area contributed by atoms with Crippen LogP contribution in [0.25, 0.3) is 11.3 Å². The number of nitrogens with zero attached hydrogens (tertiary/aromatic N) is 4. The van der Waals surface area contributed by atoms with Crippen molar-refractivity contribution in [2.45, 2.75) is 23.5 Å². The number of piperazine rings is 1. The van der Waals surface area contributed by atoms with Crippen LogP contribution in [0.15, 0.2) is 71.9 Å². The van der Waals surface area contributed by atoms with E-state index in [1.165, 1.54) is 0 Å². The van der Waals surface area contributed by atoms with Gasteiger partial charge in [0, 0.05) is 37.4 Å². The lowest BCUT2D eigenvalue weighted by molar-refractivity contribution is -0.141. The number of alkyl halides is 3. The fourth-order valence-electron chi connectivity index (χ4n) is 3.67. The quantitative estimate of drug-likeness (QED) is 0.387. The van der Waals surface area contributed by atoms with Gasteiger partial charge in [-0.25, -0.2) is 9.97 Å². The fraction of sp³-hybridized carbons (Fsp3) is 0.292. The summed E-state index contributed by atoms with van der Waals surface area (Å²) in [4.78, 5) is 25.0. The van der Waals surface area contributed by atoms with Crippen LogP contribution in [0.3, 0.4) is 0 Å². The molecule has 4 rings (SSSR count). The van der Waals surface area contributed by atoms with Gasteiger partial charge in [0.25, 0.3) is 0 Å². The molecule has 9 heteroatoms. The number of halogens is 3. The predicted molar refractivity (Wildman–Crippen MR) is 123 cm³/mol. The second-order valence-electron chi connectivity index (χ2n) is 7.69. The highest BCUT2D eigenvalue weighted by atomic mass is 32.2. The van der Waals surface area contributed by atoms with Gasteiger partial charge in [0.2, 0.25) is 5.91 Å². The molecule has 0 radical (unpaired) electrons. The van der Waals surface area contributed by atoms with Crippen molar-refractivity contribution >= 4 is 23.4 Å². The maximum Gasteiger partial charge on any atom is 0.433 e. The molecule has 1 atom stereocenters. The molecule has 2 aromatic carbocycles. The highest BCUT2D eigenvalue weighted by Gasteiger charge is 2.34. The molecule has 0 aliphatic carbocycles. The zero-order valence-corrected chi connectivity index (χ0v) is 18.8. The normalized spacial score (nSPS) is 15.4. The molecule has 1 fully saturated rings. The number of rotatable bonds is 5. The lowest BCUT2D eigenvalue weighted by Gasteiger charge is -2.37. The molecule has 1 aliphatic heterocycles. The molecule has 1 aromatic heterocycles. The Kier molecular flexibility index (Phi) is 6.88. The number of benzene rings is 2. The molecule has 5 nitrogen and oxygen atoms in total. The Morgan fingerprint density at radius 3 is 2.15 bits per heavy atom. The van der Waals surface area contributed by atoms with Gasteiger partial charge in [-0.15, -0.1) is 0 Å². The number of hydrogen-bond donors (Lipinski definition) is 0. The van der Waals surface area contributed by atoms with E-state index in [1.807, 2.05) is 30.3 Å². The third-order valence-corrected chi connectivity index (χ3v) is 6.36. The summed E-state index contributed by atoms with van der Waals surface area (Å²) in [6.45, 7) is 4.19. The molecule has 1 amide bonds. The third kappa shape index (κ3) is 5.65. The van der Waals surface area contributed by atoms with Gasteiger partial charge in [-0.3, -0.25) is 4.79 Å². The van der Waals surface area contributed by atoms with E-state index in [0.29, 0.717) is 31.7 Å². The number of thioether (sulfide) groups is 1. The largest absolute Gasteiger partial charge is 0.433 e. The van der Waals surface area contributed by atoms with Gasteiger partial charge in [-0.1, -0.05) is 60.3 Å². The topological polar surface area (TPSA) is 49.3 Å². The van der Waals surface area contributed by atoms with E-state index < -0.39 is 17.1 Å². The van der Waals surface area contributed by atoms with Crippen LogP contribution in [0.4, 0.5) is 18.9 Å². The van der Waals surface area contributed by atoms with Crippen molar-refractivity contribution in [2.24, 2.45) is 0 Å². The zero-order chi connectivity index (χ0) is 23.4. The van der Waals surface area contributed by atoms with E-state index in [1.54, 1.807) is 42.2 Å². The van der Waals surface area contributed by atoms with Crippen LogP contribution in [0.5, 0.6) is 0 Å². The van der Waals surface area contributed by atoms with Gasteiger partial charge in [-0.05, 0) is 25.1 Å². The fourth-order valence-corrected chi connectivity index (χ4v) is 4.54. The minimum atomic E-state index is -4.61. The summed E-state index contributed by atoms with van der Waals surface area (Å²) in [6, 6.07) is 19.6. The van der Waals surface area contributed by atoms with E-state index in [2.05, 4.69) is 14.9 Å². The first kappa shape index (κ1) is 23.1. The van der Waals surface area contributed by atoms with E-state index >= 15 is 0 Å². The van der Waals surface area contributed by atoms with Crippen LogP contribution < -0.4 is 4.90 Å². The Morgan fingerprint density at radius 2 is 1.55 bits per heavy atom. The van der Waals surface area contributed by atoms with Gasteiger partial charge in [0.15, 0.2) is 5.16 Å². The summed E-state index contributed by atoms with van der Waals surface area (Å²) >= 11 is 0.955. The molecular weight excluding hydrogens is 449 g/mol. The molecule has 33 heavy (non-hydrogen) atoms. The minimum Gasteiger partial charge on any atom is -0.368 e. The number of hydrogen-bond acceptors (Lipinski definition) is 5. The molecule has 1 unspecified atom stereocenters. The third-order valence-electron chi connectivity index (χ3n) is 5.41. The number of carbonyl (C=O) groups is 1. The second-order valence-corrected chi connectivity index (χ2v) is 9.00. The summed E-state index contributed by atoms with van der Waals surface area (Å²) in [7, 11) is 0. The van der Waals surface area contributed by atoms with Crippen LogP contribution in [0.1, 0.15) is 12.6 Å². The molecule has 1 aliphatic rings. The summed E-state index contributed by atoms with van der Waals surface area (Å²) in [5.74, 6) is -0.130. The summed E-state index contributed by atoms with van der Waals surface area (Å²) < 4.78 is 40.3. The van der Waals surface area contributed by atoms with Crippen molar-refractivity contribution in [3.8, 4) is 11.3 Å². The smallest absolute Gasteiger partial charge is 0.368 e. The molecule has 3 aromatic rings. The van der Waals surface area contributed by atoms with Crippen LogP contribution in [0, 0.1) is 0 Å². The molecular formula is C24H23F3N4OS. The monoisotopic (exact) mass is 472 g/mol. The molecule has 172 valence electrons. The summed E-state index contributed by atoms with van der Waals surface area (Å²) in [5, 5.41) is -0.673. The van der Waals surface area contributed by atoms with E-state index in [0.717, 1.165) is 23.5 Å². The van der Waals surface area contributed by atoms with E-state index in [-0.39, 0.29) is 16.8 Å². The molecule has 2 heterocycles. The number of carbonyl (C=O) groups excluding carboxylic acids is 1. The second kappa shape index (κ2) is 9.82. The van der Waals surface area contributed by atoms with Crippen molar-refractivity contribution < 1.29 is 18.0 Å². The highest BCUT2D eigenvalue weighted by molar-refractivity contribution is 8.00. The molecule has 0 saturated carbocycles. The molecule has 0 N–H and O–H groups in total. The Labute approximate surface area is 194 Å². The van der Waals surface area contributed by atoms with Gasteiger partial charge in [0.1, 0.15) is 5.69 Å². The number of anilines is 1. The van der Waals surface area contributed by atoms with Crippen LogP contribution in [-0.2, 0) is 11.0 Å². The van der Waals surface area contributed by atoms with Crippen LogP contribution >= 0.6 is 11.8 Å². The molecule has 0 bridgehead atoms. The SMILES string of the molecule is CC(Sc1nc(-c2ccccc2)cc(C(F)(F)F)n1)C(=O)N1CCN(c2ccccc2)CC1. The Hall–Kier alpha value is -3.07. The number of amides is 1. The Balaban J connectivity index is 1.46. The van der Waals surface area contributed by atoms with E-state index in [9.17, 15) is 18.0 Å². The standard InChI is InChI=1S/C24H23F3N4OS/c1-17(22(32)31-14-12-30(13-15-31)19-10-6-3-7-11-19)33-23-28-20(18-8-4-2-5-9-18)16-21(29-23)24(25,26)27/h2-11,16-17H,12-15H2,1H3. The average molecular weight is 473 g/mol. The molecule has 1 saturated heterocycles. The van der Waals surface area contributed by atoms with Gasteiger partial charge in [-0.2, -0.15) is 13.2 Å². The van der Waals surface area contributed by atoms with Gasteiger partial charge < -0.3 is 9.80 Å². The van der Waals surface area contributed by atoms with Crippen molar-refractivity contribution in [1.29, 1.82) is 0 Å². The van der Waals surface area contributed by atoms with Gasteiger partial charge >= 0.3 is 6.18 Å². The number of para-hydroxylation sites is 1. The first-order valence-corrected chi connectivity index (χ1v) is 11.5. The lowest BCUT2D eigenvalue weighted by Crippen LogP contribution is -2.50. The first-order chi connectivity index (χ1) is 15.8. The maximum absolute atomic E-state index is 13.4. The van der Waals surface area contributed by atoms with E-state index in [4.69, 9.17) is 0 Å². The zero-order valence-electron chi connectivity index (χ0n) is 18.0. The van der Waals surface area contributed by atoms with Crippen molar-refractivity contribution in [3.63, 3.8) is 0 Å². The lowest BCUT2D eigenvalue weighted by atomic mass is 10.1. The Bertz CT molecular complexity index is 1090. The Morgan fingerprint density at radius 1 is 0.939 bits per heavy atom. The first-order valence-electron chi connectivity index (χ1n) is 10.6. The average Bonchev–Trinajstić information content (AvgIpc) is 2.84.